The van der Waals surface area contributed by atoms with Crippen LogP contribution in [0.5, 0.6) is 0 Å². The molecule has 0 aromatic carbocycles. The van der Waals surface area contributed by atoms with Crippen molar-refractivity contribution in [2.45, 2.75) is 65.2 Å². The van der Waals surface area contributed by atoms with E-state index in [1.807, 2.05) is 12.3 Å². The molecule has 0 aliphatic carbocycles. The molecule has 0 fully saturated rings. The van der Waals surface area contributed by atoms with Gasteiger partial charge in [0.05, 0.1) is 11.4 Å². The van der Waals surface area contributed by atoms with Crippen molar-refractivity contribution in [2.75, 3.05) is 0 Å². The van der Waals surface area contributed by atoms with Crippen LogP contribution >= 0.6 is 0 Å². The minimum atomic E-state index is 1.10. The quantitative estimate of drug-likeness (QED) is 0.547. The zero-order valence-corrected chi connectivity index (χ0v) is 11.7. The zero-order valence-electron chi connectivity index (χ0n) is 11.7. The van der Waals surface area contributed by atoms with Gasteiger partial charge in [-0.05, 0) is 31.8 Å². The molecule has 98 valence electrons. The number of allylic oxidation sites excluding steroid dienone is 2. The maximum absolute atomic E-state index is 4.76. The summed E-state index contributed by atoms with van der Waals surface area (Å²) in [5, 5.41) is 0. The standard InChI is InChI=1S/C16H24N2/c1-3-5-7-9-13-14(10-8-6-4-2)18-15-11-12-17-16(13)15/h11-12H,3-10H2,1-2H3. The van der Waals surface area contributed by atoms with Crippen LogP contribution in [0.2, 0.25) is 0 Å². The van der Waals surface area contributed by atoms with Crippen molar-refractivity contribution in [2.24, 2.45) is 9.98 Å². The number of fused-ring (bicyclic) bond motifs is 1. The van der Waals surface area contributed by atoms with E-state index in [0.717, 1.165) is 24.2 Å². The highest BCUT2D eigenvalue weighted by Gasteiger charge is 2.24. The minimum absolute atomic E-state index is 1.10. The molecule has 0 amide bonds. The second-order valence-electron chi connectivity index (χ2n) is 5.13. The Morgan fingerprint density at radius 3 is 2.39 bits per heavy atom. The number of hydrogen-bond acceptors (Lipinski definition) is 2. The summed E-state index contributed by atoms with van der Waals surface area (Å²) >= 11 is 0. The first-order valence-electron chi connectivity index (χ1n) is 7.42. The van der Waals surface area contributed by atoms with E-state index in [1.54, 1.807) is 0 Å². The Hall–Kier alpha value is -1.18. The SMILES string of the molecule is CCCCCC1=NC2=CC=NC2=C1CCCCC. The highest BCUT2D eigenvalue weighted by atomic mass is 14.9. The molecular weight excluding hydrogens is 220 g/mol. The van der Waals surface area contributed by atoms with Gasteiger partial charge in [-0.25, -0.2) is 0 Å². The molecule has 0 saturated heterocycles. The van der Waals surface area contributed by atoms with Gasteiger partial charge in [-0.15, -0.1) is 0 Å². The Morgan fingerprint density at radius 2 is 1.67 bits per heavy atom. The van der Waals surface area contributed by atoms with Gasteiger partial charge in [-0.1, -0.05) is 39.5 Å². The van der Waals surface area contributed by atoms with Crippen LogP contribution in [0, 0.1) is 0 Å². The molecular formula is C16H24N2. The van der Waals surface area contributed by atoms with Crippen molar-refractivity contribution in [3.8, 4) is 0 Å². The van der Waals surface area contributed by atoms with Gasteiger partial charge in [0.15, 0.2) is 0 Å². The van der Waals surface area contributed by atoms with Crippen LogP contribution in [-0.4, -0.2) is 11.9 Å². The molecule has 2 rings (SSSR count). The summed E-state index contributed by atoms with van der Waals surface area (Å²) < 4.78 is 0. The van der Waals surface area contributed by atoms with E-state index in [0.29, 0.717) is 0 Å². The molecule has 0 bridgehead atoms. The second kappa shape index (κ2) is 6.67. The summed E-state index contributed by atoms with van der Waals surface area (Å²) in [5.41, 5.74) is 5.02. The molecule has 2 heterocycles. The van der Waals surface area contributed by atoms with Crippen LogP contribution in [0.3, 0.4) is 0 Å². The van der Waals surface area contributed by atoms with Gasteiger partial charge in [-0.3, -0.25) is 9.98 Å². The average Bonchev–Trinajstić information content (AvgIpc) is 2.92. The number of nitrogens with zero attached hydrogens (tertiary/aromatic N) is 2. The Labute approximate surface area is 111 Å². The van der Waals surface area contributed by atoms with E-state index >= 15 is 0 Å². The van der Waals surface area contributed by atoms with Crippen molar-refractivity contribution < 1.29 is 0 Å². The highest BCUT2D eigenvalue weighted by molar-refractivity contribution is 6.06. The molecule has 0 unspecified atom stereocenters. The minimum Gasteiger partial charge on any atom is -0.254 e. The summed E-state index contributed by atoms with van der Waals surface area (Å²) in [4.78, 5) is 9.24. The van der Waals surface area contributed by atoms with Crippen LogP contribution in [0.4, 0.5) is 0 Å². The lowest BCUT2D eigenvalue weighted by Crippen LogP contribution is -2.01. The summed E-state index contributed by atoms with van der Waals surface area (Å²) in [6.07, 6.45) is 13.9. The topological polar surface area (TPSA) is 24.7 Å². The Morgan fingerprint density at radius 1 is 0.944 bits per heavy atom. The molecule has 0 aromatic heterocycles. The van der Waals surface area contributed by atoms with Crippen molar-refractivity contribution in [3.05, 3.63) is 23.0 Å². The molecule has 0 saturated carbocycles. The van der Waals surface area contributed by atoms with Crippen molar-refractivity contribution in [1.29, 1.82) is 0 Å². The van der Waals surface area contributed by atoms with Gasteiger partial charge in [0.25, 0.3) is 0 Å². The third-order valence-corrected chi connectivity index (χ3v) is 3.62. The molecule has 0 N–H and O–H groups in total. The molecule has 0 radical (unpaired) electrons. The van der Waals surface area contributed by atoms with E-state index < -0.39 is 0 Å². The first-order chi connectivity index (χ1) is 8.86. The van der Waals surface area contributed by atoms with Crippen LogP contribution in [0.25, 0.3) is 0 Å². The molecule has 2 aliphatic rings. The maximum atomic E-state index is 4.76. The van der Waals surface area contributed by atoms with Crippen molar-refractivity contribution >= 4 is 11.9 Å². The first kappa shape index (κ1) is 13.3. The normalized spacial score (nSPS) is 17.2. The lowest BCUT2D eigenvalue weighted by Gasteiger charge is -2.07. The highest BCUT2D eigenvalue weighted by Crippen LogP contribution is 2.33. The lowest BCUT2D eigenvalue weighted by atomic mass is 9.98. The fraction of sp³-hybridized carbons (Fsp3) is 0.625. The van der Waals surface area contributed by atoms with E-state index in [1.165, 1.54) is 49.8 Å². The number of rotatable bonds is 8. The van der Waals surface area contributed by atoms with Crippen molar-refractivity contribution in [1.82, 2.24) is 0 Å². The number of unbranched alkanes of at least 4 members (excludes halogenated alkanes) is 4. The van der Waals surface area contributed by atoms with Gasteiger partial charge in [0.2, 0.25) is 0 Å². The Bertz CT molecular complexity index is 411. The third kappa shape index (κ3) is 2.98. The smallest absolute Gasteiger partial charge is 0.0936 e. The van der Waals surface area contributed by atoms with Crippen molar-refractivity contribution in [3.63, 3.8) is 0 Å². The molecule has 2 aliphatic heterocycles. The number of hydrogen-bond donors (Lipinski definition) is 0. The Balaban J connectivity index is 2.00. The largest absolute Gasteiger partial charge is 0.254 e. The second-order valence-corrected chi connectivity index (χ2v) is 5.13. The van der Waals surface area contributed by atoms with E-state index in [9.17, 15) is 0 Å². The summed E-state index contributed by atoms with van der Waals surface area (Å²) in [6, 6.07) is 0. The fourth-order valence-electron chi connectivity index (χ4n) is 2.56. The zero-order chi connectivity index (χ0) is 12.8. The molecule has 0 aromatic rings. The van der Waals surface area contributed by atoms with E-state index in [-0.39, 0.29) is 0 Å². The van der Waals surface area contributed by atoms with Gasteiger partial charge >= 0.3 is 0 Å². The van der Waals surface area contributed by atoms with Crippen LogP contribution < -0.4 is 0 Å². The molecule has 2 nitrogen and oxygen atoms in total. The van der Waals surface area contributed by atoms with Gasteiger partial charge in [0.1, 0.15) is 0 Å². The van der Waals surface area contributed by atoms with Gasteiger partial charge in [0, 0.05) is 17.5 Å². The summed E-state index contributed by atoms with van der Waals surface area (Å²) in [7, 11) is 0. The van der Waals surface area contributed by atoms with Crippen LogP contribution in [0.1, 0.15) is 65.2 Å². The summed E-state index contributed by atoms with van der Waals surface area (Å²) in [6.45, 7) is 4.50. The van der Waals surface area contributed by atoms with Crippen LogP contribution in [0.15, 0.2) is 33.0 Å². The van der Waals surface area contributed by atoms with Crippen LogP contribution in [-0.2, 0) is 0 Å². The Kier molecular flexibility index (Phi) is 4.91. The van der Waals surface area contributed by atoms with E-state index in [2.05, 4.69) is 18.8 Å². The lowest BCUT2D eigenvalue weighted by molar-refractivity contribution is 0.714. The number of aliphatic imine (C=N–C) groups is 2. The van der Waals surface area contributed by atoms with E-state index in [4.69, 9.17) is 4.99 Å². The average molecular weight is 244 g/mol. The molecule has 0 spiro atoms. The summed E-state index contributed by atoms with van der Waals surface area (Å²) in [5.74, 6) is 0. The molecule has 2 heteroatoms. The van der Waals surface area contributed by atoms with Gasteiger partial charge in [-0.2, -0.15) is 0 Å². The van der Waals surface area contributed by atoms with Gasteiger partial charge < -0.3 is 0 Å². The molecule has 18 heavy (non-hydrogen) atoms. The maximum Gasteiger partial charge on any atom is 0.0936 e. The first-order valence-corrected chi connectivity index (χ1v) is 7.42. The fourth-order valence-corrected chi connectivity index (χ4v) is 2.56. The third-order valence-electron chi connectivity index (χ3n) is 3.62. The monoisotopic (exact) mass is 244 g/mol. The predicted octanol–water partition coefficient (Wildman–Crippen LogP) is 4.82. The molecule has 0 atom stereocenters. The predicted molar refractivity (Wildman–Crippen MR) is 79.3 cm³/mol.